The number of carbonyl (C=O) groups excluding carboxylic acids is 6. The molecule has 13 nitrogen and oxygen atoms in total. The molecule has 0 saturated heterocycles. The highest BCUT2D eigenvalue weighted by atomic mass is 17.2. The zero-order valence-electron chi connectivity index (χ0n) is 13.3. The summed E-state index contributed by atoms with van der Waals surface area (Å²) in [6.07, 6.45) is -2.54. The molecule has 0 heterocycles. The molecule has 13 heteroatoms. The Labute approximate surface area is 139 Å². The molecule has 1 N–H and O–H groups in total. The van der Waals surface area contributed by atoms with Crippen LogP contribution in [0.5, 0.6) is 0 Å². The summed E-state index contributed by atoms with van der Waals surface area (Å²) in [5.74, 6) is -7.79. The number of carbonyl (C=O) groups is 6. The summed E-state index contributed by atoms with van der Waals surface area (Å²) in [4.78, 5) is 89.8. The predicted molar refractivity (Wildman–Crippen MR) is 67.8 cm³/mol. The summed E-state index contributed by atoms with van der Waals surface area (Å²) in [6.45, 7) is 2.64. The van der Waals surface area contributed by atoms with Crippen LogP contribution in [0.1, 0.15) is 33.6 Å². The zero-order chi connectivity index (χ0) is 19.6. The predicted octanol–water partition coefficient (Wildman–Crippen LogP) is -1.44. The summed E-state index contributed by atoms with van der Waals surface area (Å²) in [5.41, 5.74) is -2.95. The molecule has 25 heavy (non-hydrogen) atoms. The third-order valence-corrected chi connectivity index (χ3v) is 1.99. The largest absolute Gasteiger partial charge is 0.387 e. The average Bonchev–Trinajstić information content (AvgIpc) is 2.48. The molecule has 0 fully saturated rings. The Hall–Kier alpha value is -3.22. The molecule has 140 valence electrons. The quantitative estimate of drug-likeness (QED) is 0.442. The first-order chi connectivity index (χ1) is 11.5. The topological polar surface area (TPSA) is 178 Å². The summed E-state index contributed by atoms with van der Waals surface area (Å²) < 4.78 is 0. The smallest absolute Gasteiger partial charge is 0.377 e. The van der Waals surface area contributed by atoms with Crippen LogP contribution < -0.4 is 0 Å². The van der Waals surface area contributed by atoms with Crippen molar-refractivity contribution in [2.24, 2.45) is 0 Å². The van der Waals surface area contributed by atoms with Crippen LogP contribution in [0.25, 0.3) is 0 Å². The molecule has 0 atom stereocenters. The Balaban J connectivity index is 5.06. The van der Waals surface area contributed by atoms with Gasteiger partial charge in [0.25, 0.3) is 0 Å². The molecule has 0 bridgehead atoms. The molecule has 0 saturated carbocycles. The van der Waals surface area contributed by atoms with E-state index in [-0.39, 0.29) is 0 Å². The van der Waals surface area contributed by atoms with Gasteiger partial charge in [0, 0.05) is 20.8 Å². The molecule has 0 rings (SSSR count). The molecule has 0 radical (unpaired) electrons. The van der Waals surface area contributed by atoms with Gasteiger partial charge in [-0.15, -0.1) is 0 Å². The molecule has 0 unspecified atom stereocenters. The fourth-order valence-corrected chi connectivity index (χ4v) is 1.13. The van der Waals surface area contributed by atoms with Crippen LogP contribution in [0.4, 0.5) is 0 Å². The molecular formula is C12H14O13. The Bertz CT molecular complexity index is 531. The first-order valence-electron chi connectivity index (χ1n) is 6.34. The van der Waals surface area contributed by atoms with Gasteiger partial charge in [-0.2, -0.15) is 0 Å². The van der Waals surface area contributed by atoms with E-state index in [0.717, 1.165) is 20.8 Å². The second-order valence-corrected chi connectivity index (χ2v) is 4.39. The highest BCUT2D eigenvalue weighted by molar-refractivity contribution is 5.90. The van der Waals surface area contributed by atoms with E-state index >= 15 is 0 Å². The lowest BCUT2D eigenvalue weighted by Crippen LogP contribution is -2.45. The van der Waals surface area contributed by atoms with Crippen LogP contribution in [0.2, 0.25) is 0 Å². The zero-order valence-corrected chi connectivity index (χ0v) is 13.3. The highest BCUT2D eigenvalue weighted by Gasteiger charge is 2.46. The van der Waals surface area contributed by atoms with Crippen molar-refractivity contribution in [3.63, 3.8) is 0 Å². The van der Waals surface area contributed by atoms with Gasteiger partial charge in [0.05, 0.1) is 12.8 Å². The number of hydrogen-bond acceptors (Lipinski definition) is 13. The minimum absolute atomic E-state index is 0.857. The summed E-state index contributed by atoms with van der Waals surface area (Å²) in [7, 11) is 0. The first-order valence-corrected chi connectivity index (χ1v) is 6.34. The molecule has 0 aromatic carbocycles. The van der Waals surface area contributed by atoms with Gasteiger partial charge in [-0.3, -0.25) is 0 Å². The second-order valence-electron chi connectivity index (χ2n) is 4.39. The van der Waals surface area contributed by atoms with Gasteiger partial charge in [-0.1, -0.05) is 0 Å². The Morgan fingerprint density at radius 3 is 1.28 bits per heavy atom. The fourth-order valence-electron chi connectivity index (χ4n) is 1.13. The monoisotopic (exact) mass is 366 g/mol. The van der Waals surface area contributed by atoms with E-state index in [1.807, 2.05) is 0 Å². The van der Waals surface area contributed by atoms with Crippen molar-refractivity contribution in [2.75, 3.05) is 0 Å². The summed E-state index contributed by atoms with van der Waals surface area (Å²) in [6, 6.07) is 0. The number of aliphatic hydroxyl groups is 1. The molecule has 0 aliphatic rings. The normalized spacial score (nSPS) is 10.1. The minimum Gasteiger partial charge on any atom is -0.377 e. The SMILES string of the molecule is CC(=O)OOC(=O)CC(O)(CC(=O)OOC(C)=O)C(=O)OOC(C)=O. The van der Waals surface area contributed by atoms with Crippen molar-refractivity contribution in [1.82, 2.24) is 0 Å². The van der Waals surface area contributed by atoms with E-state index in [9.17, 15) is 33.9 Å². The standard InChI is InChI=1S/C12H14O13/c1-6(13)20-23-9(16)4-12(19,11(18)25-22-8(3)15)5-10(17)24-21-7(2)14/h19H,4-5H2,1-3H3. The molecule has 0 aromatic rings. The van der Waals surface area contributed by atoms with Gasteiger partial charge in [0.2, 0.25) is 0 Å². The molecule has 0 amide bonds. The summed E-state index contributed by atoms with van der Waals surface area (Å²) >= 11 is 0. The molecule has 0 aliphatic heterocycles. The van der Waals surface area contributed by atoms with E-state index < -0.39 is 54.3 Å². The Morgan fingerprint density at radius 2 is 0.960 bits per heavy atom. The fraction of sp³-hybridized carbons (Fsp3) is 0.500. The van der Waals surface area contributed by atoms with Gasteiger partial charge in [0.1, 0.15) is 0 Å². The third kappa shape index (κ3) is 9.50. The van der Waals surface area contributed by atoms with E-state index in [2.05, 4.69) is 29.3 Å². The van der Waals surface area contributed by atoms with Crippen molar-refractivity contribution in [3.8, 4) is 0 Å². The lowest BCUT2D eigenvalue weighted by atomic mass is 9.96. The maximum Gasteiger partial charge on any atom is 0.387 e. The Morgan fingerprint density at radius 1 is 0.640 bits per heavy atom. The van der Waals surface area contributed by atoms with Gasteiger partial charge in [-0.25, -0.2) is 58.1 Å². The minimum atomic E-state index is -2.95. The first kappa shape index (κ1) is 21.8. The summed E-state index contributed by atoms with van der Waals surface area (Å²) in [5, 5.41) is 10.1. The van der Waals surface area contributed by atoms with Gasteiger partial charge in [0.15, 0.2) is 5.60 Å². The van der Waals surface area contributed by atoms with E-state index in [4.69, 9.17) is 0 Å². The number of hydrogen-bond donors (Lipinski definition) is 1. The maximum atomic E-state index is 11.7. The lowest BCUT2D eigenvalue weighted by Gasteiger charge is -2.21. The van der Waals surface area contributed by atoms with Gasteiger partial charge >= 0.3 is 35.8 Å². The van der Waals surface area contributed by atoms with Gasteiger partial charge < -0.3 is 5.11 Å². The van der Waals surface area contributed by atoms with Crippen molar-refractivity contribution in [1.29, 1.82) is 0 Å². The van der Waals surface area contributed by atoms with Crippen LogP contribution in [0.15, 0.2) is 0 Å². The van der Waals surface area contributed by atoms with E-state index in [1.165, 1.54) is 0 Å². The maximum absolute atomic E-state index is 11.7. The van der Waals surface area contributed by atoms with Crippen LogP contribution in [-0.2, 0) is 58.1 Å². The molecular weight excluding hydrogens is 352 g/mol. The lowest BCUT2D eigenvalue weighted by molar-refractivity contribution is -0.278. The van der Waals surface area contributed by atoms with Crippen LogP contribution >= 0.6 is 0 Å². The second kappa shape index (κ2) is 9.82. The van der Waals surface area contributed by atoms with E-state index in [0.29, 0.717) is 0 Å². The van der Waals surface area contributed by atoms with Gasteiger partial charge in [-0.05, 0) is 0 Å². The van der Waals surface area contributed by atoms with Crippen molar-refractivity contribution >= 4 is 35.8 Å². The molecule has 0 aliphatic carbocycles. The van der Waals surface area contributed by atoms with Crippen molar-refractivity contribution in [3.05, 3.63) is 0 Å². The Kier molecular flexibility index (Phi) is 8.55. The van der Waals surface area contributed by atoms with Crippen LogP contribution in [0, 0.1) is 0 Å². The average molecular weight is 366 g/mol. The van der Waals surface area contributed by atoms with Crippen molar-refractivity contribution in [2.45, 2.75) is 39.2 Å². The molecule has 0 spiro atoms. The van der Waals surface area contributed by atoms with Crippen LogP contribution in [-0.4, -0.2) is 46.5 Å². The third-order valence-electron chi connectivity index (χ3n) is 1.99. The van der Waals surface area contributed by atoms with E-state index in [1.54, 1.807) is 0 Å². The number of rotatable bonds is 5. The van der Waals surface area contributed by atoms with Crippen LogP contribution in [0.3, 0.4) is 0 Å². The van der Waals surface area contributed by atoms with Crippen molar-refractivity contribution < 1.29 is 63.2 Å². The molecule has 0 aromatic heterocycles. The highest BCUT2D eigenvalue weighted by Crippen LogP contribution is 2.20.